The van der Waals surface area contributed by atoms with Crippen molar-refractivity contribution < 1.29 is 37.3 Å². The lowest BCUT2D eigenvalue weighted by Gasteiger charge is -2.28. The normalized spacial score (nSPS) is 14.4. The highest BCUT2D eigenvalue weighted by Gasteiger charge is 2.20. The Morgan fingerprint density at radius 1 is 0.689 bits per heavy atom. The van der Waals surface area contributed by atoms with Crippen LogP contribution in [0.15, 0.2) is 24.3 Å². The molecule has 0 aliphatic heterocycles. The van der Waals surface area contributed by atoms with Gasteiger partial charge in [-0.15, -0.1) is 0 Å². The van der Waals surface area contributed by atoms with Crippen molar-refractivity contribution in [2.24, 2.45) is 0 Å². The first-order chi connectivity index (χ1) is 21.6. The SMILES string of the molecule is CCCCC/C=C\C/C=C\CCCCCCCCCC(=O)OC(COCCCCCCCC)COP(=O)([O-])OCC[N+](C)(C)C. The van der Waals surface area contributed by atoms with Gasteiger partial charge in [0, 0.05) is 13.0 Å². The van der Waals surface area contributed by atoms with E-state index in [2.05, 4.69) is 38.2 Å². The molecule has 0 radical (unpaired) electrons. The molecular weight excluding hydrogens is 589 g/mol. The van der Waals surface area contributed by atoms with Crippen LogP contribution >= 0.6 is 7.82 Å². The number of rotatable bonds is 33. The highest BCUT2D eigenvalue weighted by molar-refractivity contribution is 7.45. The molecule has 0 heterocycles. The number of carbonyl (C=O) groups excluding carboxylic acids is 1. The van der Waals surface area contributed by atoms with Gasteiger partial charge in [-0.05, 0) is 44.9 Å². The van der Waals surface area contributed by atoms with E-state index in [1.165, 1.54) is 77.0 Å². The first kappa shape index (κ1) is 44.0. The van der Waals surface area contributed by atoms with Crippen LogP contribution in [-0.2, 0) is 27.9 Å². The Morgan fingerprint density at radius 2 is 1.22 bits per heavy atom. The Balaban J connectivity index is 4.21. The van der Waals surface area contributed by atoms with Crippen LogP contribution in [0.1, 0.15) is 142 Å². The first-order valence-electron chi connectivity index (χ1n) is 18.1. The van der Waals surface area contributed by atoms with E-state index >= 15 is 0 Å². The van der Waals surface area contributed by atoms with Crippen molar-refractivity contribution in [3.05, 3.63) is 24.3 Å². The van der Waals surface area contributed by atoms with Crippen molar-refractivity contribution in [3.63, 3.8) is 0 Å². The number of phosphoric acid groups is 1. The largest absolute Gasteiger partial charge is 0.756 e. The standard InChI is InChI=1S/C36H70NO7P/c1-6-8-10-12-14-15-16-17-18-19-20-21-22-23-24-25-27-29-36(38)44-35(33-41-31-28-26-13-11-9-7-2)34-43-45(39,40)42-32-30-37(3,4)5/h14-15,17-18,35H,6-13,16,19-34H2,1-5H3/b15-14-,18-17-. The molecule has 0 aliphatic rings. The highest BCUT2D eigenvalue weighted by Crippen LogP contribution is 2.38. The fraction of sp³-hybridized carbons (Fsp3) is 0.861. The number of hydrogen-bond donors (Lipinski definition) is 0. The van der Waals surface area contributed by atoms with Crippen LogP contribution in [0.4, 0.5) is 0 Å². The Bertz CT molecular complexity index is 782. The minimum atomic E-state index is -4.51. The molecule has 266 valence electrons. The minimum absolute atomic E-state index is 0.0252. The van der Waals surface area contributed by atoms with Crippen LogP contribution in [0.25, 0.3) is 0 Å². The number of unbranched alkanes of at least 4 members (excludes halogenated alkanes) is 15. The minimum Gasteiger partial charge on any atom is -0.756 e. The predicted molar refractivity (Wildman–Crippen MR) is 185 cm³/mol. The van der Waals surface area contributed by atoms with Crippen molar-refractivity contribution in [2.45, 2.75) is 148 Å². The predicted octanol–water partition coefficient (Wildman–Crippen LogP) is 9.08. The third-order valence-electron chi connectivity index (χ3n) is 7.51. The van der Waals surface area contributed by atoms with Gasteiger partial charge in [0.05, 0.1) is 34.4 Å². The van der Waals surface area contributed by atoms with Crippen molar-refractivity contribution in [1.29, 1.82) is 0 Å². The number of allylic oxidation sites excluding steroid dienone is 4. The molecule has 0 aromatic carbocycles. The van der Waals surface area contributed by atoms with E-state index in [-0.39, 0.29) is 25.8 Å². The summed E-state index contributed by atoms with van der Waals surface area (Å²) in [6.45, 7) is 5.31. The van der Waals surface area contributed by atoms with Crippen molar-refractivity contribution in [1.82, 2.24) is 0 Å². The maximum Gasteiger partial charge on any atom is 0.306 e. The summed E-state index contributed by atoms with van der Waals surface area (Å²) in [7, 11) is 1.35. The van der Waals surface area contributed by atoms with E-state index < -0.39 is 13.9 Å². The van der Waals surface area contributed by atoms with Crippen LogP contribution in [0.2, 0.25) is 0 Å². The van der Waals surface area contributed by atoms with Crippen LogP contribution in [0, 0.1) is 0 Å². The number of esters is 1. The third kappa shape index (κ3) is 34.1. The number of ether oxygens (including phenoxy) is 2. The fourth-order valence-electron chi connectivity index (χ4n) is 4.63. The van der Waals surface area contributed by atoms with E-state index in [0.717, 1.165) is 44.9 Å². The van der Waals surface area contributed by atoms with E-state index in [9.17, 15) is 14.3 Å². The van der Waals surface area contributed by atoms with E-state index in [0.29, 0.717) is 24.1 Å². The molecule has 0 aromatic rings. The zero-order valence-corrected chi connectivity index (χ0v) is 30.7. The molecular formula is C36H70NO7P. The Labute approximate surface area is 277 Å². The summed E-state index contributed by atoms with van der Waals surface area (Å²) < 4.78 is 34.2. The van der Waals surface area contributed by atoms with Gasteiger partial charge < -0.3 is 27.9 Å². The summed E-state index contributed by atoms with van der Waals surface area (Å²) in [6.07, 6.45) is 30.5. The number of carbonyl (C=O) groups is 1. The summed E-state index contributed by atoms with van der Waals surface area (Å²) in [5.74, 6) is -0.346. The zero-order valence-electron chi connectivity index (χ0n) is 29.8. The topological polar surface area (TPSA) is 94.1 Å². The van der Waals surface area contributed by atoms with Gasteiger partial charge >= 0.3 is 5.97 Å². The molecule has 0 saturated carbocycles. The molecule has 9 heteroatoms. The smallest absolute Gasteiger partial charge is 0.306 e. The van der Waals surface area contributed by atoms with Gasteiger partial charge in [0.25, 0.3) is 7.82 Å². The van der Waals surface area contributed by atoms with Gasteiger partial charge in [-0.2, -0.15) is 0 Å². The van der Waals surface area contributed by atoms with Gasteiger partial charge in [-0.25, -0.2) is 0 Å². The number of phosphoric ester groups is 1. The Kier molecular flexibility index (Phi) is 29.6. The van der Waals surface area contributed by atoms with Gasteiger partial charge in [-0.1, -0.05) is 115 Å². The number of hydrogen-bond acceptors (Lipinski definition) is 7. The number of nitrogens with zero attached hydrogens (tertiary/aromatic N) is 1. The Hall–Kier alpha value is -1.02. The molecule has 0 N–H and O–H groups in total. The second-order valence-electron chi connectivity index (χ2n) is 13.2. The molecule has 8 nitrogen and oxygen atoms in total. The van der Waals surface area contributed by atoms with Crippen molar-refractivity contribution >= 4 is 13.8 Å². The lowest BCUT2D eigenvalue weighted by Crippen LogP contribution is -2.37. The molecule has 0 saturated heterocycles. The average molecular weight is 660 g/mol. The van der Waals surface area contributed by atoms with Crippen LogP contribution in [0.5, 0.6) is 0 Å². The lowest BCUT2D eigenvalue weighted by atomic mass is 10.1. The second-order valence-corrected chi connectivity index (χ2v) is 14.6. The van der Waals surface area contributed by atoms with E-state index in [1.54, 1.807) is 0 Å². The molecule has 0 spiro atoms. The molecule has 0 rings (SSSR count). The Morgan fingerprint density at radius 3 is 1.84 bits per heavy atom. The van der Waals surface area contributed by atoms with Crippen LogP contribution in [0.3, 0.4) is 0 Å². The van der Waals surface area contributed by atoms with Crippen molar-refractivity contribution in [3.8, 4) is 0 Å². The molecule has 45 heavy (non-hydrogen) atoms. The van der Waals surface area contributed by atoms with E-state index in [1.807, 2.05) is 21.1 Å². The molecule has 2 atom stereocenters. The van der Waals surface area contributed by atoms with Gasteiger partial charge in [0.2, 0.25) is 0 Å². The number of quaternary nitrogens is 1. The molecule has 0 bridgehead atoms. The zero-order chi connectivity index (χ0) is 33.5. The molecule has 0 aliphatic carbocycles. The summed E-state index contributed by atoms with van der Waals surface area (Å²) >= 11 is 0. The quantitative estimate of drug-likeness (QED) is 0.0228. The maximum atomic E-state index is 12.5. The average Bonchev–Trinajstić information content (AvgIpc) is 2.98. The molecule has 2 unspecified atom stereocenters. The number of likely N-dealkylation sites (N-methyl/N-ethyl adjacent to an activating group) is 1. The van der Waals surface area contributed by atoms with Crippen molar-refractivity contribution in [2.75, 3.05) is 54.1 Å². The first-order valence-corrected chi connectivity index (χ1v) is 19.5. The highest BCUT2D eigenvalue weighted by atomic mass is 31.2. The molecule has 0 aromatic heterocycles. The third-order valence-corrected chi connectivity index (χ3v) is 8.47. The summed E-state index contributed by atoms with van der Waals surface area (Å²) in [5.41, 5.74) is 0. The maximum absolute atomic E-state index is 12.5. The van der Waals surface area contributed by atoms with Crippen LogP contribution in [-0.4, -0.2) is 70.7 Å². The van der Waals surface area contributed by atoms with Gasteiger partial charge in [0.15, 0.2) is 0 Å². The van der Waals surface area contributed by atoms with Crippen LogP contribution < -0.4 is 4.89 Å². The van der Waals surface area contributed by atoms with Gasteiger partial charge in [0.1, 0.15) is 19.3 Å². The summed E-state index contributed by atoms with van der Waals surface area (Å²) in [4.78, 5) is 24.8. The lowest BCUT2D eigenvalue weighted by molar-refractivity contribution is -0.870. The fourth-order valence-corrected chi connectivity index (χ4v) is 5.36. The van der Waals surface area contributed by atoms with E-state index in [4.69, 9.17) is 18.5 Å². The second kappa shape index (κ2) is 30.3. The monoisotopic (exact) mass is 659 g/mol. The summed E-state index contributed by atoms with van der Waals surface area (Å²) in [6, 6.07) is 0. The molecule has 0 fully saturated rings. The molecule has 0 amide bonds. The van der Waals surface area contributed by atoms with Gasteiger partial charge in [-0.3, -0.25) is 9.36 Å². The summed E-state index contributed by atoms with van der Waals surface area (Å²) in [5, 5.41) is 0.